The Morgan fingerprint density at radius 3 is 2.18 bits per heavy atom. The highest BCUT2D eigenvalue weighted by atomic mass is 16.5. The molecule has 1 saturated carbocycles. The summed E-state index contributed by atoms with van der Waals surface area (Å²) in [6, 6.07) is 0. The predicted molar refractivity (Wildman–Crippen MR) is 59.3 cm³/mol. The lowest BCUT2D eigenvalue weighted by molar-refractivity contribution is -0.153. The van der Waals surface area contributed by atoms with Gasteiger partial charge in [-0.3, -0.25) is 4.79 Å². The molecular formula is C11H18N2O4. The van der Waals surface area contributed by atoms with Gasteiger partial charge >= 0.3 is 5.97 Å². The lowest BCUT2D eigenvalue weighted by Crippen LogP contribution is -2.66. The van der Waals surface area contributed by atoms with Gasteiger partial charge in [0.2, 0.25) is 5.91 Å². The summed E-state index contributed by atoms with van der Waals surface area (Å²) in [6.07, 6.45) is 2.78. The van der Waals surface area contributed by atoms with Crippen LogP contribution in [-0.2, 0) is 14.3 Å². The van der Waals surface area contributed by atoms with E-state index in [0.717, 1.165) is 6.42 Å². The lowest BCUT2D eigenvalue weighted by Gasteiger charge is -2.41. The van der Waals surface area contributed by atoms with E-state index in [1.165, 1.54) is 0 Å². The molecule has 1 heterocycles. The zero-order chi connectivity index (χ0) is 12.5. The van der Waals surface area contributed by atoms with Crippen molar-refractivity contribution in [3.63, 3.8) is 0 Å². The van der Waals surface area contributed by atoms with E-state index >= 15 is 0 Å². The van der Waals surface area contributed by atoms with E-state index in [1.54, 1.807) is 0 Å². The number of carboxylic acid groups (broad SMARTS) is 1. The molecule has 0 aromatic heterocycles. The summed E-state index contributed by atoms with van der Waals surface area (Å²) < 4.78 is 5.14. The first-order chi connectivity index (χ1) is 7.99. The van der Waals surface area contributed by atoms with Crippen molar-refractivity contribution in [2.75, 3.05) is 13.2 Å². The SMILES string of the molecule is NC1(C(=O)NC2(C(=O)O)CCOCC2)CCC1. The Morgan fingerprint density at radius 2 is 1.76 bits per heavy atom. The Labute approximate surface area is 99.5 Å². The maximum atomic E-state index is 12.0. The zero-order valence-electron chi connectivity index (χ0n) is 9.70. The summed E-state index contributed by atoms with van der Waals surface area (Å²) in [6.45, 7) is 0.703. The average molecular weight is 242 g/mol. The summed E-state index contributed by atoms with van der Waals surface area (Å²) in [5, 5.41) is 11.9. The van der Waals surface area contributed by atoms with Crippen molar-refractivity contribution in [1.82, 2.24) is 5.32 Å². The van der Waals surface area contributed by atoms with Crippen LogP contribution in [0.2, 0.25) is 0 Å². The molecule has 6 nitrogen and oxygen atoms in total. The molecule has 2 rings (SSSR count). The highest BCUT2D eigenvalue weighted by molar-refractivity contribution is 5.92. The molecule has 2 aliphatic rings. The van der Waals surface area contributed by atoms with E-state index in [4.69, 9.17) is 10.5 Å². The number of hydrogen-bond donors (Lipinski definition) is 3. The van der Waals surface area contributed by atoms with E-state index in [1.807, 2.05) is 0 Å². The monoisotopic (exact) mass is 242 g/mol. The topological polar surface area (TPSA) is 102 Å². The van der Waals surface area contributed by atoms with E-state index in [9.17, 15) is 14.7 Å². The van der Waals surface area contributed by atoms with Crippen LogP contribution in [0.5, 0.6) is 0 Å². The zero-order valence-corrected chi connectivity index (χ0v) is 9.70. The number of ether oxygens (including phenoxy) is 1. The third-order valence-corrected chi connectivity index (χ3v) is 3.81. The van der Waals surface area contributed by atoms with Crippen molar-refractivity contribution in [2.45, 2.75) is 43.2 Å². The Balaban J connectivity index is 2.07. The first-order valence-corrected chi connectivity index (χ1v) is 5.91. The second kappa shape index (κ2) is 4.27. The number of nitrogens with one attached hydrogen (secondary N) is 1. The standard InChI is InChI=1S/C11H18N2O4/c12-10(2-1-3-10)8(14)13-11(9(15)16)4-6-17-7-5-11/h1-7,12H2,(H,13,14)(H,15,16). The third kappa shape index (κ3) is 2.14. The molecular weight excluding hydrogens is 224 g/mol. The van der Waals surface area contributed by atoms with Gasteiger partial charge in [-0.25, -0.2) is 4.79 Å². The molecule has 0 unspecified atom stereocenters. The lowest BCUT2D eigenvalue weighted by atomic mass is 9.76. The van der Waals surface area contributed by atoms with Crippen molar-refractivity contribution in [3.05, 3.63) is 0 Å². The number of carbonyl (C=O) groups is 2. The molecule has 1 amide bonds. The van der Waals surface area contributed by atoms with E-state index in [2.05, 4.69) is 5.32 Å². The number of amides is 1. The number of carboxylic acids is 1. The van der Waals surface area contributed by atoms with E-state index < -0.39 is 17.0 Å². The normalized spacial score (nSPS) is 25.7. The Bertz CT molecular complexity index is 332. The highest BCUT2D eigenvalue weighted by Crippen LogP contribution is 2.31. The van der Waals surface area contributed by atoms with Crippen LogP contribution in [0.15, 0.2) is 0 Å². The number of rotatable bonds is 3. The van der Waals surface area contributed by atoms with Crippen molar-refractivity contribution in [1.29, 1.82) is 0 Å². The fraction of sp³-hybridized carbons (Fsp3) is 0.818. The molecule has 1 saturated heterocycles. The first-order valence-electron chi connectivity index (χ1n) is 5.91. The molecule has 1 aliphatic carbocycles. The Hall–Kier alpha value is -1.14. The fourth-order valence-corrected chi connectivity index (χ4v) is 2.24. The van der Waals surface area contributed by atoms with Crippen LogP contribution >= 0.6 is 0 Å². The van der Waals surface area contributed by atoms with Gasteiger partial charge in [-0.15, -0.1) is 0 Å². The molecule has 2 fully saturated rings. The molecule has 0 spiro atoms. The maximum absolute atomic E-state index is 12.0. The molecule has 96 valence electrons. The van der Waals surface area contributed by atoms with Crippen LogP contribution in [0.4, 0.5) is 0 Å². The van der Waals surface area contributed by atoms with Gasteiger partial charge in [0.05, 0.1) is 5.54 Å². The van der Waals surface area contributed by atoms with Gasteiger partial charge in [0.1, 0.15) is 5.54 Å². The van der Waals surface area contributed by atoms with Crippen LogP contribution in [0, 0.1) is 0 Å². The second-order valence-electron chi connectivity index (χ2n) is 4.96. The van der Waals surface area contributed by atoms with Crippen LogP contribution in [0.3, 0.4) is 0 Å². The number of hydrogen-bond acceptors (Lipinski definition) is 4. The number of carbonyl (C=O) groups excluding carboxylic acids is 1. The smallest absolute Gasteiger partial charge is 0.329 e. The minimum atomic E-state index is -1.20. The van der Waals surface area contributed by atoms with Gasteiger partial charge in [0.25, 0.3) is 0 Å². The number of aliphatic carboxylic acids is 1. The molecule has 17 heavy (non-hydrogen) atoms. The first kappa shape index (κ1) is 12.3. The van der Waals surface area contributed by atoms with Crippen molar-refractivity contribution >= 4 is 11.9 Å². The van der Waals surface area contributed by atoms with Gasteiger partial charge in [-0.05, 0) is 19.3 Å². The van der Waals surface area contributed by atoms with Gasteiger partial charge in [0.15, 0.2) is 0 Å². The van der Waals surface area contributed by atoms with Gasteiger partial charge in [-0.2, -0.15) is 0 Å². The quantitative estimate of drug-likeness (QED) is 0.626. The van der Waals surface area contributed by atoms with E-state index in [-0.39, 0.29) is 5.91 Å². The molecule has 0 bridgehead atoms. The summed E-state index contributed by atoms with van der Waals surface area (Å²) in [4.78, 5) is 23.3. The molecule has 0 atom stereocenters. The van der Waals surface area contributed by atoms with Crippen LogP contribution in [0.1, 0.15) is 32.1 Å². The molecule has 1 aliphatic heterocycles. The van der Waals surface area contributed by atoms with Gasteiger partial charge in [-0.1, -0.05) is 0 Å². The van der Waals surface area contributed by atoms with Crippen molar-refractivity contribution in [2.24, 2.45) is 5.73 Å². The largest absolute Gasteiger partial charge is 0.480 e. The predicted octanol–water partition coefficient (Wildman–Crippen LogP) is -0.382. The van der Waals surface area contributed by atoms with Crippen LogP contribution < -0.4 is 11.1 Å². The molecule has 4 N–H and O–H groups in total. The fourth-order valence-electron chi connectivity index (χ4n) is 2.24. The Morgan fingerprint density at radius 1 is 1.18 bits per heavy atom. The maximum Gasteiger partial charge on any atom is 0.329 e. The van der Waals surface area contributed by atoms with Crippen molar-refractivity contribution < 1.29 is 19.4 Å². The van der Waals surface area contributed by atoms with Crippen LogP contribution in [-0.4, -0.2) is 41.3 Å². The number of nitrogens with two attached hydrogens (primary N) is 1. The van der Waals surface area contributed by atoms with Gasteiger partial charge < -0.3 is 20.9 Å². The van der Waals surface area contributed by atoms with Crippen LogP contribution in [0.25, 0.3) is 0 Å². The second-order valence-corrected chi connectivity index (χ2v) is 4.96. The van der Waals surface area contributed by atoms with E-state index in [0.29, 0.717) is 38.9 Å². The summed E-state index contributed by atoms with van der Waals surface area (Å²) in [5.41, 5.74) is 3.83. The van der Waals surface area contributed by atoms with Crippen molar-refractivity contribution in [3.8, 4) is 0 Å². The molecule has 0 radical (unpaired) electrons. The molecule has 6 heteroatoms. The third-order valence-electron chi connectivity index (χ3n) is 3.81. The minimum Gasteiger partial charge on any atom is -0.480 e. The average Bonchev–Trinajstić information content (AvgIpc) is 2.26. The minimum absolute atomic E-state index is 0.296. The summed E-state index contributed by atoms with van der Waals surface area (Å²) in [7, 11) is 0. The summed E-state index contributed by atoms with van der Waals surface area (Å²) >= 11 is 0. The molecule has 0 aromatic rings. The Kier molecular flexibility index (Phi) is 3.09. The highest BCUT2D eigenvalue weighted by Gasteiger charge is 2.47. The summed E-state index contributed by atoms with van der Waals surface area (Å²) in [5.74, 6) is -1.34. The van der Waals surface area contributed by atoms with Gasteiger partial charge in [0, 0.05) is 26.1 Å². The molecule has 0 aromatic carbocycles.